The van der Waals surface area contributed by atoms with Gasteiger partial charge in [-0.2, -0.15) is 0 Å². The van der Waals surface area contributed by atoms with E-state index in [0.717, 1.165) is 19.4 Å². The fourth-order valence-corrected chi connectivity index (χ4v) is 2.75. The zero-order chi connectivity index (χ0) is 13.1. The average Bonchev–Trinajstić information content (AvgIpc) is 2.57. The smallest absolute Gasteiger partial charge is 0.248 e. The molecule has 1 nitrogen and oxygen atoms in total. The largest absolute Gasteiger partial charge is 0.314 e. The molecule has 0 amide bonds. The summed E-state index contributed by atoms with van der Waals surface area (Å²) in [6, 6.07) is 0.358. The topological polar surface area (TPSA) is 12.0 Å². The lowest BCUT2D eigenvalue weighted by Crippen LogP contribution is -2.42. The Bertz CT molecular complexity index is 238. The zero-order valence-corrected chi connectivity index (χ0v) is 11.7. The van der Waals surface area contributed by atoms with Crippen molar-refractivity contribution in [3.05, 3.63) is 0 Å². The SMILES string of the molecule is CCNC(CC1CCC(F)(F)C1)C(C)(C)CC. The summed E-state index contributed by atoms with van der Waals surface area (Å²) in [6.07, 6.45) is 2.84. The van der Waals surface area contributed by atoms with Gasteiger partial charge in [0.1, 0.15) is 0 Å². The van der Waals surface area contributed by atoms with E-state index >= 15 is 0 Å². The summed E-state index contributed by atoms with van der Waals surface area (Å²) in [4.78, 5) is 0. The summed E-state index contributed by atoms with van der Waals surface area (Å²) in [5.74, 6) is -2.21. The minimum absolute atomic E-state index is 0.0864. The van der Waals surface area contributed by atoms with Crippen LogP contribution in [0.15, 0.2) is 0 Å². The van der Waals surface area contributed by atoms with Gasteiger partial charge in [0.15, 0.2) is 0 Å². The first-order chi connectivity index (χ1) is 7.80. The molecule has 1 aliphatic carbocycles. The molecule has 0 aromatic carbocycles. The number of nitrogens with one attached hydrogen (secondary N) is 1. The molecular formula is C14H27F2N. The lowest BCUT2D eigenvalue weighted by atomic mass is 9.77. The standard InChI is InChI=1S/C14H27F2N/c1-5-13(3,4)12(17-6-2)9-11-7-8-14(15,16)10-11/h11-12,17H,5-10H2,1-4H3. The van der Waals surface area contributed by atoms with Crippen LogP contribution >= 0.6 is 0 Å². The molecule has 102 valence electrons. The lowest BCUT2D eigenvalue weighted by Gasteiger charge is -2.36. The summed E-state index contributed by atoms with van der Waals surface area (Å²) < 4.78 is 26.4. The summed E-state index contributed by atoms with van der Waals surface area (Å²) in [5, 5.41) is 3.48. The van der Waals surface area contributed by atoms with Crippen LogP contribution in [0.1, 0.15) is 59.8 Å². The van der Waals surface area contributed by atoms with Crippen LogP contribution in [-0.4, -0.2) is 18.5 Å². The van der Waals surface area contributed by atoms with Crippen LogP contribution in [0.2, 0.25) is 0 Å². The van der Waals surface area contributed by atoms with E-state index in [0.29, 0.717) is 12.5 Å². The average molecular weight is 247 g/mol. The van der Waals surface area contributed by atoms with Crippen molar-refractivity contribution < 1.29 is 8.78 Å². The van der Waals surface area contributed by atoms with Crippen molar-refractivity contribution in [2.24, 2.45) is 11.3 Å². The minimum Gasteiger partial charge on any atom is -0.314 e. The van der Waals surface area contributed by atoms with E-state index in [1.165, 1.54) is 0 Å². The fraction of sp³-hybridized carbons (Fsp3) is 1.00. The molecule has 0 aromatic heterocycles. The Labute approximate surface area is 104 Å². The van der Waals surface area contributed by atoms with Crippen LogP contribution in [0.5, 0.6) is 0 Å². The molecule has 1 saturated carbocycles. The van der Waals surface area contributed by atoms with Crippen LogP contribution in [0.3, 0.4) is 0 Å². The van der Waals surface area contributed by atoms with E-state index < -0.39 is 5.92 Å². The number of hydrogen-bond donors (Lipinski definition) is 1. The predicted molar refractivity (Wildman–Crippen MR) is 68.4 cm³/mol. The Morgan fingerprint density at radius 1 is 1.35 bits per heavy atom. The molecule has 1 N–H and O–H groups in total. The highest BCUT2D eigenvalue weighted by Crippen LogP contribution is 2.42. The second-order valence-corrected chi connectivity index (χ2v) is 6.15. The van der Waals surface area contributed by atoms with Crippen molar-refractivity contribution in [1.29, 1.82) is 0 Å². The third-order valence-corrected chi connectivity index (χ3v) is 4.38. The van der Waals surface area contributed by atoms with Crippen LogP contribution < -0.4 is 5.32 Å². The summed E-state index contributed by atoms with van der Waals surface area (Å²) >= 11 is 0. The van der Waals surface area contributed by atoms with Crippen molar-refractivity contribution in [3.63, 3.8) is 0 Å². The Hall–Kier alpha value is -0.180. The van der Waals surface area contributed by atoms with E-state index in [4.69, 9.17) is 0 Å². The number of rotatable bonds is 6. The third kappa shape index (κ3) is 4.20. The molecule has 0 aliphatic heterocycles. The molecule has 1 fully saturated rings. The molecule has 0 radical (unpaired) electrons. The summed E-state index contributed by atoms with van der Waals surface area (Å²) in [6.45, 7) is 9.63. The van der Waals surface area contributed by atoms with Crippen molar-refractivity contribution in [3.8, 4) is 0 Å². The van der Waals surface area contributed by atoms with Gasteiger partial charge in [-0.1, -0.05) is 27.7 Å². The highest BCUT2D eigenvalue weighted by atomic mass is 19.3. The van der Waals surface area contributed by atoms with Crippen LogP contribution in [0, 0.1) is 11.3 Å². The number of alkyl halides is 2. The van der Waals surface area contributed by atoms with Gasteiger partial charge in [-0.3, -0.25) is 0 Å². The minimum atomic E-state index is -2.40. The van der Waals surface area contributed by atoms with E-state index in [9.17, 15) is 8.78 Å². The number of halogens is 2. The molecule has 17 heavy (non-hydrogen) atoms. The monoisotopic (exact) mass is 247 g/mol. The van der Waals surface area contributed by atoms with E-state index in [1.807, 2.05) is 0 Å². The molecular weight excluding hydrogens is 220 g/mol. The van der Waals surface area contributed by atoms with Crippen LogP contribution in [-0.2, 0) is 0 Å². The summed E-state index contributed by atoms with van der Waals surface area (Å²) in [5.41, 5.74) is 0.188. The second kappa shape index (κ2) is 5.64. The number of hydrogen-bond acceptors (Lipinski definition) is 1. The molecule has 0 spiro atoms. The first kappa shape index (κ1) is 14.9. The Morgan fingerprint density at radius 2 is 2.00 bits per heavy atom. The van der Waals surface area contributed by atoms with E-state index in [1.54, 1.807) is 0 Å². The summed E-state index contributed by atoms with van der Waals surface area (Å²) in [7, 11) is 0. The van der Waals surface area contributed by atoms with Crippen molar-refractivity contribution in [1.82, 2.24) is 5.32 Å². The van der Waals surface area contributed by atoms with Crippen molar-refractivity contribution in [2.75, 3.05) is 6.54 Å². The molecule has 3 heteroatoms. The van der Waals surface area contributed by atoms with Gasteiger partial charge < -0.3 is 5.32 Å². The quantitative estimate of drug-likeness (QED) is 0.740. The van der Waals surface area contributed by atoms with Gasteiger partial charge in [0.25, 0.3) is 0 Å². The zero-order valence-electron chi connectivity index (χ0n) is 11.7. The van der Waals surface area contributed by atoms with Gasteiger partial charge in [-0.05, 0) is 37.1 Å². The normalized spacial score (nSPS) is 26.1. The van der Waals surface area contributed by atoms with Gasteiger partial charge in [0, 0.05) is 18.9 Å². The lowest BCUT2D eigenvalue weighted by molar-refractivity contribution is 0.00352. The molecule has 0 aromatic rings. The van der Waals surface area contributed by atoms with E-state index in [2.05, 4.69) is 33.0 Å². The maximum Gasteiger partial charge on any atom is 0.248 e. The third-order valence-electron chi connectivity index (χ3n) is 4.38. The molecule has 1 aliphatic rings. The molecule has 0 saturated heterocycles. The van der Waals surface area contributed by atoms with Gasteiger partial charge in [0.2, 0.25) is 5.92 Å². The van der Waals surface area contributed by atoms with Crippen LogP contribution in [0.25, 0.3) is 0 Å². The fourth-order valence-electron chi connectivity index (χ4n) is 2.75. The molecule has 1 rings (SSSR count). The molecule has 2 atom stereocenters. The van der Waals surface area contributed by atoms with Crippen LogP contribution in [0.4, 0.5) is 8.78 Å². The molecule has 0 bridgehead atoms. The maximum absolute atomic E-state index is 13.2. The highest BCUT2D eigenvalue weighted by molar-refractivity contribution is 4.89. The van der Waals surface area contributed by atoms with Gasteiger partial charge >= 0.3 is 0 Å². The van der Waals surface area contributed by atoms with Gasteiger partial charge in [0.05, 0.1) is 0 Å². The van der Waals surface area contributed by atoms with Crippen molar-refractivity contribution >= 4 is 0 Å². The van der Waals surface area contributed by atoms with Gasteiger partial charge in [-0.15, -0.1) is 0 Å². The first-order valence-corrected chi connectivity index (χ1v) is 6.92. The van der Waals surface area contributed by atoms with Gasteiger partial charge in [-0.25, -0.2) is 8.78 Å². The Morgan fingerprint density at radius 3 is 2.41 bits per heavy atom. The Kier molecular flexibility index (Phi) is 4.94. The second-order valence-electron chi connectivity index (χ2n) is 6.15. The van der Waals surface area contributed by atoms with E-state index in [-0.39, 0.29) is 24.2 Å². The highest BCUT2D eigenvalue weighted by Gasteiger charge is 2.41. The predicted octanol–water partition coefficient (Wildman–Crippen LogP) is 4.23. The molecule has 0 heterocycles. The van der Waals surface area contributed by atoms with Crippen molar-refractivity contribution in [2.45, 2.75) is 71.8 Å². The molecule has 2 unspecified atom stereocenters. The maximum atomic E-state index is 13.2. The Balaban J connectivity index is 2.56. The first-order valence-electron chi connectivity index (χ1n) is 6.92.